The second-order valence-electron chi connectivity index (χ2n) is 5.05. The zero-order valence-corrected chi connectivity index (χ0v) is 16.2. The molecule has 1 saturated heterocycles. The lowest BCUT2D eigenvalue weighted by Crippen LogP contribution is -2.45. The Morgan fingerprint density at radius 1 is 1.30 bits per heavy atom. The average molecular weight is 454 g/mol. The Morgan fingerprint density at radius 3 is 2.52 bits per heavy atom. The van der Waals surface area contributed by atoms with Gasteiger partial charge in [0.25, 0.3) is 0 Å². The number of guanidine groups is 1. The zero-order chi connectivity index (χ0) is 16.0. The molecule has 1 aliphatic heterocycles. The number of nitrogens with one attached hydrogen (secondary N) is 1. The highest BCUT2D eigenvalue weighted by Gasteiger charge is 2.14. The molecule has 130 valence electrons. The maximum absolute atomic E-state index is 12.1. The van der Waals surface area contributed by atoms with E-state index >= 15 is 0 Å². The zero-order valence-electron chi connectivity index (χ0n) is 13.1. The fourth-order valence-electron chi connectivity index (χ4n) is 2.04. The molecule has 0 unspecified atom stereocenters. The van der Waals surface area contributed by atoms with Crippen LogP contribution in [0.5, 0.6) is 0 Å². The van der Waals surface area contributed by atoms with Crippen LogP contribution in [-0.2, 0) is 14.8 Å². The molecule has 0 saturated carbocycles. The molecule has 0 spiro atoms. The van der Waals surface area contributed by atoms with Crippen molar-refractivity contribution in [3.8, 4) is 0 Å². The normalized spacial score (nSPS) is 16.0. The summed E-state index contributed by atoms with van der Waals surface area (Å²) in [5.74, 6) is 0.429. The summed E-state index contributed by atoms with van der Waals surface area (Å²) in [5, 5.41) is 0. The standard InChI is InChI=1S/C14H22N4O3S.HI/c1-12-2-4-13(5-3-12)22(19,20)17-7-6-16-14(15)18-8-10-21-11-9-18;/h2-5,17H,6-11H2,1H3,(H2,15,16);1H. The van der Waals surface area contributed by atoms with Crippen LogP contribution in [0.3, 0.4) is 0 Å². The molecule has 3 N–H and O–H groups in total. The van der Waals surface area contributed by atoms with Gasteiger partial charge >= 0.3 is 0 Å². The van der Waals surface area contributed by atoms with Crippen LogP contribution in [0.15, 0.2) is 34.2 Å². The molecule has 0 atom stereocenters. The molecule has 2 rings (SSSR count). The molecular formula is C14H23IN4O3S. The third-order valence-electron chi connectivity index (χ3n) is 3.34. The second-order valence-corrected chi connectivity index (χ2v) is 6.82. The molecule has 0 aliphatic carbocycles. The monoisotopic (exact) mass is 454 g/mol. The molecule has 7 nitrogen and oxygen atoms in total. The van der Waals surface area contributed by atoms with Crippen molar-refractivity contribution in [1.82, 2.24) is 9.62 Å². The Labute approximate surface area is 154 Å². The van der Waals surface area contributed by atoms with Crippen molar-refractivity contribution in [3.63, 3.8) is 0 Å². The van der Waals surface area contributed by atoms with Gasteiger partial charge in [-0.05, 0) is 19.1 Å². The summed E-state index contributed by atoms with van der Waals surface area (Å²) in [4.78, 5) is 6.38. The lowest BCUT2D eigenvalue weighted by molar-refractivity contribution is 0.0674. The lowest BCUT2D eigenvalue weighted by atomic mass is 10.2. The molecule has 1 fully saturated rings. The van der Waals surface area contributed by atoms with Gasteiger partial charge in [-0.3, -0.25) is 4.99 Å². The van der Waals surface area contributed by atoms with Gasteiger partial charge in [-0.15, -0.1) is 24.0 Å². The van der Waals surface area contributed by atoms with E-state index in [1.807, 2.05) is 11.8 Å². The smallest absolute Gasteiger partial charge is 0.240 e. The first kappa shape index (κ1) is 20.1. The molecule has 0 bridgehead atoms. The van der Waals surface area contributed by atoms with Crippen molar-refractivity contribution in [3.05, 3.63) is 29.8 Å². The van der Waals surface area contributed by atoms with Crippen LogP contribution in [0, 0.1) is 6.92 Å². The van der Waals surface area contributed by atoms with Gasteiger partial charge < -0.3 is 15.4 Å². The van der Waals surface area contributed by atoms with Crippen LogP contribution < -0.4 is 10.5 Å². The average Bonchev–Trinajstić information content (AvgIpc) is 2.52. The Bertz CT molecular complexity index is 613. The highest BCUT2D eigenvalue weighted by Crippen LogP contribution is 2.09. The third kappa shape index (κ3) is 6.24. The topological polar surface area (TPSA) is 97.0 Å². The number of morpholine rings is 1. The number of hydrogen-bond donors (Lipinski definition) is 2. The maximum atomic E-state index is 12.1. The molecule has 23 heavy (non-hydrogen) atoms. The van der Waals surface area contributed by atoms with Crippen molar-refractivity contribution in [2.45, 2.75) is 11.8 Å². The van der Waals surface area contributed by atoms with E-state index in [9.17, 15) is 8.42 Å². The summed E-state index contributed by atoms with van der Waals surface area (Å²) in [5.41, 5.74) is 6.88. The predicted octanol–water partition coefficient (Wildman–Crippen LogP) is 0.538. The number of ether oxygens (including phenoxy) is 1. The Hall–Kier alpha value is -0.910. The molecule has 1 aliphatic rings. The van der Waals surface area contributed by atoms with Crippen molar-refractivity contribution >= 4 is 40.0 Å². The van der Waals surface area contributed by atoms with E-state index in [-0.39, 0.29) is 35.4 Å². The van der Waals surface area contributed by atoms with Gasteiger partial charge in [0, 0.05) is 19.6 Å². The Kier molecular flexibility index (Phi) is 8.23. The van der Waals surface area contributed by atoms with Crippen LogP contribution >= 0.6 is 24.0 Å². The summed E-state index contributed by atoms with van der Waals surface area (Å²) >= 11 is 0. The summed E-state index contributed by atoms with van der Waals surface area (Å²) in [6, 6.07) is 6.71. The SMILES string of the molecule is Cc1ccc(S(=O)(=O)NCCN=C(N)N2CCOCC2)cc1.I. The van der Waals surface area contributed by atoms with Crippen LogP contribution in [0.1, 0.15) is 5.56 Å². The minimum atomic E-state index is -3.49. The number of aliphatic imine (C=N–C) groups is 1. The Balaban J connectivity index is 0.00000264. The maximum Gasteiger partial charge on any atom is 0.240 e. The molecule has 0 aromatic heterocycles. The van der Waals surface area contributed by atoms with Gasteiger partial charge in [0.15, 0.2) is 5.96 Å². The summed E-state index contributed by atoms with van der Waals surface area (Å²) < 4.78 is 31.9. The number of nitrogens with zero attached hydrogens (tertiary/aromatic N) is 2. The van der Waals surface area contributed by atoms with Crippen LogP contribution in [0.2, 0.25) is 0 Å². The van der Waals surface area contributed by atoms with Crippen molar-refractivity contribution in [1.29, 1.82) is 0 Å². The lowest BCUT2D eigenvalue weighted by Gasteiger charge is -2.27. The summed E-state index contributed by atoms with van der Waals surface area (Å²) in [6.07, 6.45) is 0. The highest BCUT2D eigenvalue weighted by atomic mass is 127. The number of benzene rings is 1. The minimum Gasteiger partial charge on any atom is -0.378 e. The predicted molar refractivity (Wildman–Crippen MR) is 101 cm³/mol. The van der Waals surface area contributed by atoms with Crippen molar-refractivity contribution in [2.75, 3.05) is 39.4 Å². The number of aryl methyl sites for hydroxylation is 1. The van der Waals surface area contributed by atoms with E-state index < -0.39 is 10.0 Å². The fourth-order valence-corrected chi connectivity index (χ4v) is 3.06. The number of sulfonamides is 1. The van der Waals surface area contributed by atoms with E-state index in [2.05, 4.69) is 9.71 Å². The molecule has 1 heterocycles. The van der Waals surface area contributed by atoms with Gasteiger partial charge in [0.1, 0.15) is 0 Å². The number of rotatable bonds is 5. The third-order valence-corrected chi connectivity index (χ3v) is 4.82. The van der Waals surface area contributed by atoms with E-state index in [1.54, 1.807) is 24.3 Å². The van der Waals surface area contributed by atoms with Crippen LogP contribution in [-0.4, -0.2) is 58.7 Å². The van der Waals surface area contributed by atoms with Crippen molar-refractivity contribution < 1.29 is 13.2 Å². The van der Waals surface area contributed by atoms with Gasteiger partial charge in [-0.2, -0.15) is 0 Å². The van der Waals surface area contributed by atoms with E-state index in [0.717, 1.165) is 5.56 Å². The first-order chi connectivity index (χ1) is 10.5. The quantitative estimate of drug-likeness (QED) is 0.293. The first-order valence-corrected chi connectivity index (χ1v) is 8.66. The second kappa shape index (κ2) is 9.40. The summed E-state index contributed by atoms with van der Waals surface area (Å²) in [7, 11) is -3.49. The van der Waals surface area contributed by atoms with Crippen LogP contribution in [0.4, 0.5) is 0 Å². The largest absolute Gasteiger partial charge is 0.378 e. The highest BCUT2D eigenvalue weighted by molar-refractivity contribution is 14.0. The molecule has 1 aromatic rings. The first-order valence-electron chi connectivity index (χ1n) is 7.18. The van der Waals surface area contributed by atoms with Gasteiger partial charge in [0.05, 0.1) is 24.7 Å². The van der Waals surface area contributed by atoms with Gasteiger partial charge in [-0.25, -0.2) is 13.1 Å². The van der Waals surface area contributed by atoms with E-state index in [4.69, 9.17) is 10.5 Å². The molecular weight excluding hydrogens is 431 g/mol. The number of hydrogen-bond acceptors (Lipinski definition) is 4. The van der Waals surface area contributed by atoms with Gasteiger partial charge in [-0.1, -0.05) is 17.7 Å². The molecule has 9 heteroatoms. The molecule has 0 radical (unpaired) electrons. The van der Waals surface area contributed by atoms with Gasteiger partial charge in [0.2, 0.25) is 10.0 Å². The molecule has 1 aromatic carbocycles. The summed E-state index contributed by atoms with van der Waals surface area (Å²) in [6.45, 7) is 5.11. The Morgan fingerprint density at radius 2 is 1.91 bits per heavy atom. The number of nitrogens with two attached hydrogens (primary N) is 1. The van der Waals surface area contributed by atoms with Crippen molar-refractivity contribution in [2.24, 2.45) is 10.7 Å². The molecule has 0 amide bonds. The minimum absolute atomic E-state index is 0. The van der Waals surface area contributed by atoms with E-state index in [0.29, 0.717) is 38.8 Å². The van der Waals surface area contributed by atoms with E-state index in [1.165, 1.54) is 0 Å². The number of halogens is 1. The van der Waals surface area contributed by atoms with Crippen LogP contribution in [0.25, 0.3) is 0 Å². The fraction of sp³-hybridized carbons (Fsp3) is 0.500.